The second-order valence-electron chi connectivity index (χ2n) is 4.74. The first kappa shape index (κ1) is 12.5. The zero-order valence-electron chi connectivity index (χ0n) is 10.2. The molecule has 0 spiro atoms. The molecule has 1 aliphatic rings. The summed E-state index contributed by atoms with van der Waals surface area (Å²) >= 11 is 0. The zero-order valence-corrected chi connectivity index (χ0v) is 10.2. The number of nitrogens with zero attached hydrogens (tertiary/aromatic N) is 2. The summed E-state index contributed by atoms with van der Waals surface area (Å²) in [6, 6.07) is 0.121. The Balaban J connectivity index is 2.40. The zero-order chi connectivity index (χ0) is 11.4. The van der Waals surface area contributed by atoms with Crippen LogP contribution in [0.25, 0.3) is 0 Å². The van der Waals surface area contributed by atoms with E-state index in [1.54, 1.807) is 0 Å². The molecule has 2 unspecified atom stereocenters. The van der Waals surface area contributed by atoms with Gasteiger partial charge >= 0.3 is 0 Å². The summed E-state index contributed by atoms with van der Waals surface area (Å²) in [5, 5.41) is 7.52. The van der Waals surface area contributed by atoms with Crippen LogP contribution in [0, 0.1) is 11.3 Å². The van der Waals surface area contributed by atoms with Gasteiger partial charge in [-0.25, -0.2) is 0 Å². The van der Waals surface area contributed by atoms with Crippen LogP contribution in [0.15, 0.2) is 0 Å². The van der Waals surface area contributed by atoms with Crippen LogP contribution in [-0.2, 0) is 0 Å². The molecule has 1 saturated heterocycles. The second kappa shape index (κ2) is 5.47. The van der Waals surface area contributed by atoms with E-state index < -0.39 is 0 Å². The summed E-state index contributed by atoms with van der Waals surface area (Å²) < 4.78 is 0. The highest BCUT2D eigenvalue weighted by Gasteiger charge is 2.24. The van der Waals surface area contributed by atoms with Crippen molar-refractivity contribution in [2.45, 2.75) is 25.8 Å². The lowest BCUT2D eigenvalue weighted by Crippen LogP contribution is -2.44. The molecule has 3 N–H and O–H groups in total. The Bertz CT molecular complexity index is 217. The van der Waals surface area contributed by atoms with Gasteiger partial charge in [-0.15, -0.1) is 0 Å². The molecule has 0 aromatic heterocycles. The predicted octanol–water partition coefficient (Wildman–Crippen LogP) is 0.584. The van der Waals surface area contributed by atoms with Crippen LogP contribution < -0.4 is 5.73 Å². The van der Waals surface area contributed by atoms with Crippen molar-refractivity contribution in [3.8, 4) is 0 Å². The van der Waals surface area contributed by atoms with E-state index in [9.17, 15) is 0 Å². The third kappa shape index (κ3) is 3.47. The summed E-state index contributed by atoms with van der Waals surface area (Å²) in [5.74, 6) is 1.04. The van der Waals surface area contributed by atoms with E-state index in [1.165, 1.54) is 19.5 Å². The maximum Gasteiger partial charge on any atom is 0.108 e. The lowest BCUT2D eigenvalue weighted by atomic mass is 10.1. The number of hydrogen-bond donors (Lipinski definition) is 2. The van der Waals surface area contributed by atoms with Gasteiger partial charge in [0, 0.05) is 13.1 Å². The van der Waals surface area contributed by atoms with Crippen molar-refractivity contribution in [2.75, 3.05) is 33.7 Å². The van der Waals surface area contributed by atoms with E-state index in [4.69, 9.17) is 11.1 Å². The molecule has 0 aromatic carbocycles. The van der Waals surface area contributed by atoms with E-state index in [-0.39, 0.29) is 6.04 Å². The van der Waals surface area contributed by atoms with E-state index in [1.807, 2.05) is 0 Å². The third-order valence-electron chi connectivity index (χ3n) is 3.31. The minimum Gasteiger partial charge on any atom is -0.386 e. The van der Waals surface area contributed by atoms with Gasteiger partial charge in [0.2, 0.25) is 0 Å². The third-order valence-corrected chi connectivity index (χ3v) is 3.31. The number of hydrogen-bond acceptors (Lipinski definition) is 3. The number of amidine groups is 1. The maximum absolute atomic E-state index is 7.52. The van der Waals surface area contributed by atoms with Gasteiger partial charge in [-0.1, -0.05) is 6.92 Å². The van der Waals surface area contributed by atoms with Gasteiger partial charge in [0.1, 0.15) is 5.84 Å². The number of likely N-dealkylation sites (N-methyl/N-ethyl adjacent to an activating group) is 1. The van der Waals surface area contributed by atoms with Gasteiger partial charge in [-0.05, 0) is 39.4 Å². The summed E-state index contributed by atoms with van der Waals surface area (Å²) in [6.45, 7) is 5.53. The Morgan fingerprint density at radius 3 is 2.73 bits per heavy atom. The van der Waals surface area contributed by atoms with Crippen molar-refractivity contribution < 1.29 is 0 Å². The smallest absolute Gasteiger partial charge is 0.108 e. The van der Waals surface area contributed by atoms with Crippen LogP contribution in [0.3, 0.4) is 0 Å². The van der Waals surface area contributed by atoms with Crippen LogP contribution >= 0.6 is 0 Å². The van der Waals surface area contributed by atoms with Crippen molar-refractivity contribution in [1.82, 2.24) is 9.80 Å². The number of likely N-dealkylation sites (tertiary alicyclic amines) is 1. The van der Waals surface area contributed by atoms with Crippen molar-refractivity contribution in [2.24, 2.45) is 11.7 Å². The standard InChI is InChI=1S/C11H24N4/c1-4-10(11(12)13)15(3)8-9-5-6-14(2)7-9/h9-10H,4-8H2,1-3H3,(H3,12,13). The molecule has 1 fully saturated rings. The lowest BCUT2D eigenvalue weighted by molar-refractivity contribution is 0.241. The molecule has 4 heteroatoms. The minimum absolute atomic E-state index is 0.121. The largest absolute Gasteiger partial charge is 0.386 e. The van der Waals surface area contributed by atoms with Gasteiger partial charge in [0.15, 0.2) is 0 Å². The SMILES string of the molecule is CCC(C(=N)N)N(C)CC1CCN(C)C1. The first-order chi connectivity index (χ1) is 7.04. The topological polar surface area (TPSA) is 56.4 Å². The van der Waals surface area contributed by atoms with Gasteiger partial charge in [0.25, 0.3) is 0 Å². The van der Waals surface area contributed by atoms with Crippen LogP contribution in [0.4, 0.5) is 0 Å². The molecule has 15 heavy (non-hydrogen) atoms. The molecule has 2 atom stereocenters. The molecule has 0 amide bonds. The average molecular weight is 212 g/mol. The quantitative estimate of drug-likeness (QED) is 0.518. The monoisotopic (exact) mass is 212 g/mol. The highest BCUT2D eigenvalue weighted by molar-refractivity contribution is 5.82. The molecule has 0 aromatic rings. The highest BCUT2D eigenvalue weighted by atomic mass is 15.2. The summed E-state index contributed by atoms with van der Waals surface area (Å²) in [5.41, 5.74) is 5.58. The van der Waals surface area contributed by atoms with Crippen LogP contribution in [-0.4, -0.2) is 55.4 Å². The first-order valence-corrected chi connectivity index (χ1v) is 5.77. The maximum atomic E-state index is 7.52. The summed E-state index contributed by atoms with van der Waals surface area (Å²) in [4.78, 5) is 4.60. The molecule has 0 saturated carbocycles. The average Bonchev–Trinajstić information content (AvgIpc) is 2.51. The Labute approximate surface area is 92.9 Å². The van der Waals surface area contributed by atoms with Crippen LogP contribution in [0.2, 0.25) is 0 Å². The Hall–Kier alpha value is -0.610. The van der Waals surface area contributed by atoms with Crippen molar-refractivity contribution >= 4 is 5.84 Å². The summed E-state index contributed by atoms with van der Waals surface area (Å²) in [6.07, 6.45) is 2.20. The lowest BCUT2D eigenvalue weighted by Gasteiger charge is -2.28. The van der Waals surface area contributed by atoms with Crippen LogP contribution in [0.5, 0.6) is 0 Å². The van der Waals surface area contributed by atoms with Crippen molar-refractivity contribution in [3.63, 3.8) is 0 Å². The van der Waals surface area contributed by atoms with Crippen molar-refractivity contribution in [1.29, 1.82) is 5.41 Å². The molecule has 1 aliphatic heterocycles. The molecule has 0 aliphatic carbocycles. The fraction of sp³-hybridized carbons (Fsp3) is 0.909. The van der Waals surface area contributed by atoms with Crippen LogP contribution in [0.1, 0.15) is 19.8 Å². The predicted molar refractivity (Wildman–Crippen MR) is 64.2 cm³/mol. The van der Waals surface area contributed by atoms with Gasteiger partial charge in [-0.3, -0.25) is 10.3 Å². The molecule has 1 heterocycles. The Kier molecular flexibility index (Phi) is 4.54. The Morgan fingerprint density at radius 1 is 1.67 bits per heavy atom. The minimum atomic E-state index is 0.121. The second-order valence-corrected chi connectivity index (χ2v) is 4.74. The Morgan fingerprint density at radius 2 is 2.33 bits per heavy atom. The van der Waals surface area contributed by atoms with E-state index >= 15 is 0 Å². The normalized spacial score (nSPS) is 24.7. The molecule has 0 radical (unpaired) electrons. The molecule has 88 valence electrons. The van der Waals surface area contributed by atoms with E-state index in [2.05, 4.69) is 30.8 Å². The van der Waals surface area contributed by atoms with Crippen molar-refractivity contribution in [3.05, 3.63) is 0 Å². The molecular weight excluding hydrogens is 188 g/mol. The number of rotatable bonds is 5. The highest BCUT2D eigenvalue weighted by Crippen LogP contribution is 2.16. The molecule has 1 rings (SSSR count). The van der Waals surface area contributed by atoms with E-state index in [0.29, 0.717) is 5.84 Å². The molecular formula is C11H24N4. The first-order valence-electron chi connectivity index (χ1n) is 5.77. The number of nitrogens with two attached hydrogens (primary N) is 1. The molecule has 0 bridgehead atoms. The fourth-order valence-corrected chi connectivity index (χ4v) is 2.48. The molecule has 4 nitrogen and oxygen atoms in total. The van der Waals surface area contributed by atoms with Gasteiger partial charge in [-0.2, -0.15) is 0 Å². The number of nitrogens with one attached hydrogen (secondary N) is 1. The fourth-order valence-electron chi connectivity index (χ4n) is 2.48. The van der Waals surface area contributed by atoms with Gasteiger partial charge in [0.05, 0.1) is 6.04 Å². The summed E-state index contributed by atoms with van der Waals surface area (Å²) in [7, 11) is 4.25. The van der Waals surface area contributed by atoms with E-state index in [0.717, 1.165) is 18.9 Å². The van der Waals surface area contributed by atoms with Gasteiger partial charge < -0.3 is 10.6 Å².